The molecule has 0 radical (unpaired) electrons. The van der Waals surface area contributed by atoms with Crippen molar-refractivity contribution in [1.29, 1.82) is 0 Å². The first-order chi connectivity index (χ1) is 12.1. The zero-order valence-electron chi connectivity index (χ0n) is 14.1. The summed E-state index contributed by atoms with van der Waals surface area (Å²) in [4.78, 5) is 13.1. The Labute approximate surface area is 149 Å². The third-order valence-electron chi connectivity index (χ3n) is 4.09. The van der Waals surface area contributed by atoms with Gasteiger partial charge in [0.15, 0.2) is 0 Å². The van der Waals surface area contributed by atoms with Gasteiger partial charge in [0.2, 0.25) is 0 Å². The second kappa shape index (κ2) is 7.49. The zero-order valence-corrected chi connectivity index (χ0v) is 14.9. The van der Waals surface area contributed by atoms with E-state index >= 15 is 0 Å². The molecule has 0 aliphatic heterocycles. The quantitative estimate of drug-likeness (QED) is 0.764. The van der Waals surface area contributed by atoms with E-state index in [1.807, 2.05) is 36.4 Å². The maximum absolute atomic E-state index is 12.4. The van der Waals surface area contributed by atoms with Crippen molar-refractivity contribution in [2.24, 2.45) is 0 Å². The Morgan fingerprint density at radius 2 is 1.76 bits per heavy atom. The molecular formula is C20H19NO3S. The Hall–Kier alpha value is -2.66. The predicted molar refractivity (Wildman–Crippen MR) is 100 cm³/mol. The molecule has 5 heteroatoms. The van der Waals surface area contributed by atoms with Gasteiger partial charge in [0.05, 0.1) is 7.11 Å². The number of fused-ring (bicyclic) bond motifs is 1. The van der Waals surface area contributed by atoms with Gasteiger partial charge in [-0.3, -0.25) is 9.00 Å². The number of carbonyl (C=O) groups is 1. The molecule has 0 bridgehead atoms. The Bertz CT molecular complexity index is 935. The molecule has 128 valence electrons. The van der Waals surface area contributed by atoms with E-state index in [0.29, 0.717) is 17.0 Å². The van der Waals surface area contributed by atoms with E-state index in [1.54, 1.807) is 37.6 Å². The molecule has 1 amide bonds. The topological polar surface area (TPSA) is 55.4 Å². The molecule has 1 unspecified atom stereocenters. The minimum absolute atomic E-state index is 0.177. The highest BCUT2D eigenvalue weighted by molar-refractivity contribution is 7.84. The average Bonchev–Trinajstić information content (AvgIpc) is 2.65. The molecule has 0 fully saturated rings. The van der Waals surface area contributed by atoms with Crippen LogP contribution in [0.3, 0.4) is 0 Å². The standard InChI is InChI=1S/C20H19NO3S/c1-24-19-12-9-14-5-3-4-6-17(14)18(19)13-21-20(22)15-7-10-16(11-8-15)25(2)23/h3-12H,13H2,1-2H3,(H,21,22). The van der Waals surface area contributed by atoms with Crippen molar-refractivity contribution >= 4 is 27.5 Å². The molecule has 3 rings (SSSR count). The lowest BCUT2D eigenvalue weighted by molar-refractivity contribution is 0.0951. The second-order valence-electron chi connectivity index (χ2n) is 5.63. The van der Waals surface area contributed by atoms with Crippen LogP contribution in [0.5, 0.6) is 5.75 Å². The van der Waals surface area contributed by atoms with Crippen molar-refractivity contribution in [2.45, 2.75) is 11.4 Å². The fourth-order valence-electron chi connectivity index (χ4n) is 2.76. The van der Waals surface area contributed by atoms with Crippen LogP contribution in [-0.4, -0.2) is 23.5 Å². The van der Waals surface area contributed by atoms with Crippen LogP contribution in [0.2, 0.25) is 0 Å². The van der Waals surface area contributed by atoms with E-state index in [4.69, 9.17) is 4.74 Å². The van der Waals surface area contributed by atoms with Gasteiger partial charge < -0.3 is 10.1 Å². The van der Waals surface area contributed by atoms with Crippen LogP contribution in [-0.2, 0) is 17.3 Å². The van der Waals surface area contributed by atoms with Crippen molar-refractivity contribution in [1.82, 2.24) is 5.32 Å². The SMILES string of the molecule is COc1ccc2ccccc2c1CNC(=O)c1ccc(S(C)=O)cc1. The van der Waals surface area contributed by atoms with E-state index in [0.717, 1.165) is 22.1 Å². The van der Waals surface area contributed by atoms with Gasteiger partial charge in [-0.1, -0.05) is 30.3 Å². The van der Waals surface area contributed by atoms with E-state index in [1.165, 1.54) is 0 Å². The highest BCUT2D eigenvalue weighted by Crippen LogP contribution is 2.27. The van der Waals surface area contributed by atoms with Crippen molar-refractivity contribution in [3.63, 3.8) is 0 Å². The van der Waals surface area contributed by atoms with Gasteiger partial charge in [-0.15, -0.1) is 0 Å². The summed E-state index contributed by atoms with van der Waals surface area (Å²) in [6.45, 7) is 0.366. The molecule has 0 aliphatic rings. The van der Waals surface area contributed by atoms with Crippen LogP contribution in [0.1, 0.15) is 15.9 Å². The molecule has 0 aromatic heterocycles. The van der Waals surface area contributed by atoms with Crippen LogP contribution in [0, 0.1) is 0 Å². The van der Waals surface area contributed by atoms with Crippen molar-refractivity contribution in [3.05, 3.63) is 71.8 Å². The number of rotatable bonds is 5. The Kier molecular flexibility index (Phi) is 5.14. The number of benzene rings is 3. The molecule has 3 aromatic carbocycles. The number of ether oxygens (including phenoxy) is 1. The van der Waals surface area contributed by atoms with Crippen molar-refractivity contribution < 1.29 is 13.7 Å². The molecule has 0 saturated carbocycles. The monoisotopic (exact) mass is 353 g/mol. The van der Waals surface area contributed by atoms with Gasteiger partial charge in [-0.2, -0.15) is 0 Å². The molecule has 1 N–H and O–H groups in total. The summed E-state index contributed by atoms with van der Waals surface area (Å²) >= 11 is 0. The van der Waals surface area contributed by atoms with Crippen LogP contribution < -0.4 is 10.1 Å². The molecule has 4 nitrogen and oxygen atoms in total. The normalized spacial score (nSPS) is 11.9. The summed E-state index contributed by atoms with van der Waals surface area (Å²) in [5.74, 6) is 0.569. The molecule has 1 atom stereocenters. The molecule has 3 aromatic rings. The Morgan fingerprint density at radius 3 is 2.44 bits per heavy atom. The summed E-state index contributed by atoms with van der Waals surface area (Å²) < 4.78 is 16.9. The van der Waals surface area contributed by atoms with Crippen LogP contribution in [0.25, 0.3) is 10.8 Å². The van der Waals surface area contributed by atoms with Gasteiger partial charge in [0.1, 0.15) is 5.75 Å². The smallest absolute Gasteiger partial charge is 0.251 e. The summed E-state index contributed by atoms with van der Waals surface area (Å²) in [6, 6.07) is 18.7. The first-order valence-electron chi connectivity index (χ1n) is 7.86. The second-order valence-corrected chi connectivity index (χ2v) is 7.01. The maximum Gasteiger partial charge on any atom is 0.251 e. The van der Waals surface area contributed by atoms with Crippen LogP contribution in [0.15, 0.2) is 65.6 Å². The minimum Gasteiger partial charge on any atom is -0.496 e. The van der Waals surface area contributed by atoms with Crippen LogP contribution >= 0.6 is 0 Å². The number of nitrogens with one attached hydrogen (secondary N) is 1. The van der Waals surface area contributed by atoms with Crippen molar-refractivity contribution in [2.75, 3.05) is 13.4 Å². The average molecular weight is 353 g/mol. The summed E-state index contributed by atoms with van der Waals surface area (Å²) in [6.07, 6.45) is 1.61. The number of amides is 1. The lowest BCUT2D eigenvalue weighted by Crippen LogP contribution is -2.23. The van der Waals surface area contributed by atoms with Gasteiger partial charge in [-0.25, -0.2) is 0 Å². The van der Waals surface area contributed by atoms with Gasteiger partial charge in [0, 0.05) is 39.6 Å². The largest absolute Gasteiger partial charge is 0.496 e. The third-order valence-corrected chi connectivity index (χ3v) is 5.03. The molecule has 25 heavy (non-hydrogen) atoms. The minimum atomic E-state index is -1.05. The Balaban J connectivity index is 1.82. The summed E-state index contributed by atoms with van der Waals surface area (Å²) in [5.41, 5.74) is 1.48. The van der Waals surface area contributed by atoms with E-state index < -0.39 is 10.8 Å². The molecule has 0 spiro atoms. The number of hydrogen-bond donors (Lipinski definition) is 1. The highest BCUT2D eigenvalue weighted by atomic mass is 32.2. The van der Waals surface area contributed by atoms with E-state index in [-0.39, 0.29) is 5.91 Å². The van der Waals surface area contributed by atoms with Crippen LogP contribution in [0.4, 0.5) is 0 Å². The molecule has 0 aliphatic carbocycles. The number of carbonyl (C=O) groups excluding carboxylic acids is 1. The summed E-state index contributed by atoms with van der Waals surface area (Å²) in [7, 11) is 0.572. The predicted octanol–water partition coefficient (Wildman–Crippen LogP) is 3.52. The number of methoxy groups -OCH3 is 1. The first kappa shape index (κ1) is 17.2. The lowest BCUT2D eigenvalue weighted by Gasteiger charge is -2.13. The van der Waals surface area contributed by atoms with Crippen molar-refractivity contribution in [3.8, 4) is 5.75 Å². The zero-order chi connectivity index (χ0) is 17.8. The Morgan fingerprint density at radius 1 is 1.04 bits per heavy atom. The number of hydrogen-bond acceptors (Lipinski definition) is 3. The first-order valence-corrected chi connectivity index (χ1v) is 9.42. The van der Waals surface area contributed by atoms with Gasteiger partial charge in [0.25, 0.3) is 5.91 Å². The summed E-state index contributed by atoms with van der Waals surface area (Å²) in [5, 5.41) is 5.09. The fourth-order valence-corrected chi connectivity index (χ4v) is 3.28. The highest BCUT2D eigenvalue weighted by Gasteiger charge is 2.11. The maximum atomic E-state index is 12.4. The molecular weight excluding hydrogens is 334 g/mol. The molecule has 0 heterocycles. The van der Waals surface area contributed by atoms with Gasteiger partial charge >= 0.3 is 0 Å². The fraction of sp³-hybridized carbons (Fsp3) is 0.150. The van der Waals surface area contributed by atoms with E-state index in [2.05, 4.69) is 5.32 Å². The lowest BCUT2D eigenvalue weighted by atomic mass is 10.0. The van der Waals surface area contributed by atoms with E-state index in [9.17, 15) is 9.00 Å². The molecule has 0 saturated heterocycles. The van der Waals surface area contributed by atoms with Gasteiger partial charge in [-0.05, 0) is 41.1 Å². The third kappa shape index (κ3) is 3.72.